The fourth-order valence-electron chi connectivity index (χ4n) is 1.94. The van der Waals surface area contributed by atoms with Gasteiger partial charge in [-0.15, -0.1) is 0 Å². The fourth-order valence-corrected chi connectivity index (χ4v) is 1.94. The highest BCUT2D eigenvalue weighted by Gasteiger charge is 2.26. The molecule has 0 amide bonds. The number of ether oxygens (including phenoxy) is 1. The van der Waals surface area contributed by atoms with E-state index in [9.17, 15) is 4.79 Å². The number of aliphatic carboxylic acids is 1. The minimum Gasteiger partial charge on any atom is -0.496 e. The lowest BCUT2D eigenvalue weighted by Gasteiger charge is -2.21. The van der Waals surface area contributed by atoms with Gasteiger partial charge in [-0.05, 0) is 44.9 Å². The maximum Gasteiger partial charge on any atom is 0.310 e. The van der Waals surface area contributed by atoms with Crippen molar-refractivity contribution in [1.82, 2.24) is 5.32 Å². The van der Waals surface area contributed by atoms with Crippen molar-refractivity contribution < 1.29 is 14.6 Å². The summed E-state index contributed by atoms with van der Waals surface area (Å²) in [6.07, 6.45) is 0. The normalized spacial score (nSPS) is 11.4. The zero-order chi connectivity index (χ0) is 14.6. The molecule has 1 aromatic carbocycles. The first-order chi connectivity index (χ1) is 8.77. The lowest BCUT2D eigenvalue weighted by atomic mass is 9.93. The van der Waals surface area contributed by atoms with Crippen LogP contribution in [-0.2, 0) is 11.3 Å². The Morgan fingerprint density at radius 1 is 1.37 bits per heavy atom. The number of benzene rings is 1. The number of carboxylic acid groups (broad SMARTS) is 1. The van der Waals surface area contributed by atoms with Crippen LogP contribution in [0.3, 0.4) is 0 Å². The average Bonchev–Trinajstić information content (AvgIpc) is 2.30. The lowest BCUT2D eigenvalue weighted by molar-refractivity contribution is -0.146. The van der Waals surface area contributed by atoms with Gasteiger partial charge in [0.2, 0.25) is 0 Å². The molecule has 0 saturated heterocycles. The summed E-state index contributed by atoms with van der Waals surface area (Å²) in [4.78, 5) is 11.0. The van der Waals surface area contributed by atoms with Crippen LogP contribution in [0.15, 0.2) is 12.1 Å². The topological polar surface area (TPSA) is 58.6 Å². The molecule has 19 heavy (non-hydrogen) atoms. The van der Waals surface area contributed by atoms with Crippen LogP contribution in [0.5, 0.6) is 5.75 Å². The zero-order valence-electron chi connectivity index (χ0n) is 12.3. The molecule has 1 rings (SSSR count). The van der Waals surface area contributed by atoms with Crippen molar-refractivity contribution in [3.05, 3.63) is 28.8 Å². The summed E-state index contributed by atoms with van der Waals surface area (Å²) in [5.74, 6) is 0.0470. The summed E-state index contributed by atoms with van der Waals surface area (Å²) in [5, 5.41) is 12.3. The summed E-state index contributed by atoms with van der Waals surface area (Å²) in [5.41, 5.74) is 2.61. The van der Waals surface area contributed by atoms with Gasteiger partial charge in [-0.2, -0.15) is 0 Å². The Kier molecular flexibility index (Phi) is 4.95. The van der Waals surface area contributed by atoms with Crippen molar-refractivity contribution in [3.63, 3.8) is 0 Å². The molecule has 2 N–H and O–H groups in total. The number of hydrogen-bond donors (Lipinski definition) is 2. The molecule has 0 heterocycles. The first-order valence-corrected chi connectivity index (χ1v) is 6.36. The minimum atomic E-state index is -0.799. The molecule has 0 spiro atoms. The van der Waals surface area contributed by atoms with E-state index in [0.29, 0.717) is 13.1 Å². The molecular weight excluding hydrogens is 242 g/mol. The number of hydrogen-bond acceptors (Lipinski definition) is 3. The standard InChI is InChI=1S/C15H23NO3/c1-10-6-11(2)12(13(7-10)19-5)8-16-9-15(3,4)14(17)18/h6-7,16H,8-9H2,1-5H3,(H,17,18). The van der Waals surface area contributed by atoms with E-state index in [1.807, 2.05) is 19.9 Å². The molecular formula is C15H23NO3. The molecule has 0 aliphatic heterocycles. The van der Waals surface area contributed by atoms with Gasteiger partial charge in [0.1, 0.15) is 5.75 Å². The van der Waals surface area contributed by atoms with Crippen LogP contribution in [0, 0.1) is 19.3 Å². The Morgan fingerprint density at radius 2 is 2.00 bits per heavy atom. The summed E-state index contributed by atoms with van der Waals surface area (Å²) < 4.78 is 5.38. The summed E-state index contributed by atoms with van der Waals surface area (Å²) in [6, 6.07) is 4.09. The average molecular weight is 265 g/mol. The van der Waals surface area contributed by atoms with Crippen LogP contribution in [0.1, 0.15) is 30.5 Å². The molecule has 0 aliphatic carbocycles. The van der Waals surface area contributed by atoms with Crippen LogP contribution < -0.4 is 10.1 Å². The third kappa shape index (κ3) is 3.96. The third-order valence-corrected chi connectivity index (χ3v) is 3.24. The largest absolute Gasteiger partial charge is 0.496 e. The third-order valence-electron chi connectivity index (χ3n) is 3.24. The maximum absolute atomic E-state index is 11.0. The minimum absolute atomic E-state index is 0.415. The van der Waals surface area contributed by atoms with Crippen LogP contribution >= 0.6 is 0 Å². The Balaban J connectivity index is 2.76. The van der Waals surface area contributed by atoms with Gasteiger partial charge in [-0.25, -0.2) is 0 Å². The van der Waals surface area contributed by atoms with E-state index in [4.69, 9.17) is 9.84 Å². The van der Waals surface area contributed by atoms with Gasteiger partial charge in [0.15, 0.2) is 0 Å². The van der Waals surface area contributed by atoms with Gasteiger partial charge < -0.3 is 15.2 Å². The van der Waals surface area contributed by atoms with Crippen molar-refractivity contribution >= 4 is 5.97 Å². The Bertz CT molecular complexity index is 467. The van der Waals surface area contributed by atoms with E-state index in [-0.39, 0.29) is 0 Å². The SMILES string of the molecule is COc1cc(C)cc(C)c1CNCC(C)(C)C(=O)O. The van der Waals surface area contributed by atoms with Crippen LogP contribution in [0.2, 0.25) is 0 Å². The molecule has 0 unspecified atom stereocenters. The van der Waals surface area contributed by atoms with Crippen molar-refractivity contribution in [2.24, 2.45) is 5.41 Å². The zero-order valence-corrected chi connectivity index (χ0v) is 12.3. The summed E-state index contributed by atoms with van der Waals surface area (Å²) in [7, 11) is 1.65. The Labute approximate surface area is 114 Å². The number of aryl methyl sites for hydroxylation is 2. The predicted octanol–water partition coefficient (Wildman–Crippen LogP) is 2.51. The van der Waals surface area contributed by atoms with Gasteiger partial charge in [-0.1, -0.05) is 6.07 Å². The van der Waals surface area contributed by atoms with E-state index in [1.165, 1.54) is 0 Å². The van der Waals surface area contributed by atoms with Crippen molar-refractivity contribution in [2.45, 2.75) is 34.2 Å². The van der Waals surface area contributed by atoms with E-state index in [0.717, 1.165) is 22.4 Å². The molecule has 0 radical (unpaired) electrons. The number of methoxy groups -OCH3 is 1. The number of carbonyl (C=O) groups is 1. The first kappa shape index (κ1) is 15.5. The van der Waals surface area contributed by atoms with E-state index < -0.39 is 11.4 Å². The molecule has 106 valence electrons. The molecule has 1 aromatic rings. The van der Waals surface area contributed by atoms with Crippen LogP contribution in [-0.4, -0.2) is 24.7 Å². The first-order valence-electron chi connectivity index (χ1n) is 6.36. The highest BCUT2D eigenvalue weighted by Crippen LogP contribution is 2.24. The van der Waals surface area contributed by atoms with E-state index in [2.05, 4.69) is 11.4 Å². The second-order valence-corrected chi connectivity index (χ2v) is 5.56. The van der Waals surface area contributed by atoms with Crippen LogP contribution in [0.4, 0.5) is 0 Å². The van der Waals surface area contributed by atoms with Gasteiger partial charge in [0.25, 0.3) is 0 Å². The quantitative estimate of drug-likeness (QED) is 0.829. The molecule has 0 saturated carbocycles. The lowest BCUT2D eigenvalue weighted by Crippen LogP contribution is -2.35. The van der Waals surface area contributed by atoms with Crippen LogP contribution in [0.25, 0.3) is 0 Å². The van der Waals surface area contributed by atoms with Crippen molar-refractivity contribution in [2.75, 3.05) is 13.7 Å². The monoisotopic (exact) mass is 265 g/mol. The molecule has 0 fully saturated rings. The smallest absolute Gasteiger partial charge is 0.310 e. The van der Waals surface area contributed by atoms with Gasteiger partial charge >= 0.3 is 5.97 Å². The van der Waals surface area contributed by atoms with Gasteiger partial charge in [-0.3, -0.25) is 4.79 Å². The molecule has 0 bridgehead atoms. The van der Waals surface area contributed by atoms with Gasteiger partial charge in [0.05, 0.1) is 12.5 Å². The van der Waals surface area contributed by atoms with E-state index >= 15 is 0 Å². The maximum atomic E-state index is 11.0. The summed E-state index contributed by atoms with van der Waals surface area (Å²) >= 11 is 0. The van der Waals surface area contributed by atoms with Crippen molar-refractivity contribution in [1.29, 1.82) is 0 Å². The number of carboxylic acids is 1. The number of rotatable bonds is 6. The molecule has 0 aromatic heterocycles. The molecule has 0 aliphatic rings. The van der Waals surface area contributed by atoms with Gasteiger partial charge in [0, 0.05) is 18.7 Å². The Morgan fingerprint density at radius 3 is 2.53 bits per heavy atom. The molecule has 0 atom stereocenters. The summed E-state index contributed by atoms with van der Waals surface area (Å²) in [6.45, 7) is 8.50. The highest BCUT2D eigenvalue weighted by molar-refractivity contribution is 5.73. The number of nitrogens with one attached hydrogen (secondary N) is 1. The highest BCUT2D eigenvalue weighted by atomic mass is 16.5. The fraction of sp³-hybridized carbons (Fsp3) is 0.533. The Hall–Kier alpha value is -1.55. The van der Waals surface area contributed by atoms with Crippen molar-refractivity contribution in [3.8, 4) is 5.75 Å². The second kappa shape index (κ2) is 6.06. The molecule has 4 heteroatoms. The molecule has 4 nitrogen and oxygen atoms in total. The second-order valence-electron chi connectivity index (χ2n) is 5.56. The van der Waals surface area contributed by atoms with E-state index in [1.54, 1.807) is 21.0 Å². The predicted molar refractivity (Wildman–Crippen MR) is 75.6 cm³/mol.